The first-order chi connectivity index (χ1) is 7.86. The van der Waals surface area contributed by atoms with E-state index >= 15 is 0 Å². The van der Waals surface area contributed by atoms with E-state index in [-0.39, 0.29) is 6.10 Å². The molecule has 1 fully saturated rings. The van der Waals surface area contributed by atoms with Crippen molar-refractivity contribution in [3.63, 3.8) is 0 Å². The van der Waals surface area contributed by atoms with Crippen molar-refractivity contribution in [2.45, 2.75) is 31.8 Å². The summed E-state index contributed by atoms with van der Waals surface area (Å²) in [7, 11) is 0. The van der Waals surface area contributed by atoms with Gasteiger partial charge >= 0.3 is 0 Å². The summed E-state index contributed by atoms with van der Waals surface area (Å²) in [6.07, 6.45) is 4.27. The molecular formula is C14H20O2. The van der Waals surface area contributed by atoms with Gasteiger partial charge in [0.05, 0.1) is 6.10 Å². The van der Waals surface area contributed by atoms with Gasteiger partial charge < -0.3 is 9.84 Å². The van der Waals surface area contributed by atoms with Crippen LogP contribution in [0.1, 0.15) is 37.4 Å². The fourth-order valence-electron chi connectivity index (χ4n) is 1.80. The third-order valence-corrected chi connectivity index (χ3v) is 3.09. The van der Waals surface area contributed by atoms with Gasteiger partial charge in [-0.1, -0.05) is 43.2 Å². The molecule has 2 rings (SSSR count). The molecule has 1 aromatic rings. The second kappa shape index (κ2) is 6.02. The topological polar surface area (TPSA) is 29.5 Å². The van der Waals surface area contributed by atoms with E-state index in [2.05, 4.69) is 0 Å². The highest BCUT2D eigenvalue weighted by atomic mass is 16.5. The van der Waals surface area contributed by atoms with Gasteiger partial charge in [0.1, 0.15) is 0 Å². The van der Waals surface area contributed by atoms with Crippen LogP contribution in [0.3, 0.4) is 0 Å². The fourth-order valence-corrected chi connectivity index (χ4v) is 1.80. The first-order valence-electron chi connectivity index (χ1n) is 6.17. The number of hydrogen-bond acceptors (Lipinski definition) is 2. The highest BCUT2D eigenvalue weighted by Gasteiger charge is 2.20. The highest BCUT2D eigenvalue weighted by molar-refractivity contribution is 5.16. The van der Waals surface area contributed by atoms with Crippen LogP contribution >= 0.6 is 0 Å². The number of aliphatic hydroxyl groups excluding tert-OH is 1. The maximum absolute atomic E-state index is 9.86. The van der Waals surface area contributed by atoms with Gasteiger partial charge in [0.2, 0.25) is 0 Å². The Kier molecular flexibility index (Phi) is 4.37. The van der Waals surface area contributed by atoms with E-state index in [0.717, 1.165) is 18.1 Å². The minimum atomic E-state index is -0.387. The summed E-state index contributed by atoms with van der Waals surface area (Å²) in [5.41, 5.74) is 0.980. The molecule has 0 aliphatic heterocycles. The van der Waals surface area contributed by atoms with Crippen LogP contribution in [0.4, 0.5) is 0 Å². The largest absolute Gasteiger partial charge is 0.388 e. The Morgan fingerprint density at radius 1 is 1.19 bits per heavy atom. The number of benzene rings is 1. The minimum absolute atomic E-state index is 0.387. The van der Waals surface area contributed by atoms with Gasteiger partial charge in [-0.05, 0) is 17.9 Å². The molecule has 0 heterocycles. The molecule has 16 heavy (non-hydrogen) atoms. The van der Waals surface area contributed by atoms with Gasteiger partial charge in [-0.3, -0.25) is 0 Å². The molecule has 1 aliphatic rings. The van der Waals surface area contributed by atoms with Crippen LogP contribution in [0, 0.1) is 5.92 Å². The van der Waals surface area contributed by atoms with E-state index in [1.807, 2.05) is 30.3 Å². The minimum Gasteiger partial charge on any atom is -0.388 e. The van der Waals surface area contributed by atoms with Crippen LogP contribution in [0.25, 0.3) is 0 Å². The van der Waals surface area contributed by atoms with Crippen LogP contribution in [0.5, 0.6) is 0 Å². The zero-order chi connectivity index (χ0) is 11.2. The maximum atomic E-state index is 9.86. The Bertz CT molecular complexity index is 293. The summed E-state index contributed by atoms with van der Waals surface area (Å²) >= 11 is 0. The molecular weight excluding hydrogens is 200 g/mol. The molecule has 1 atom stereocenters. The van der Waals surface area contributed by atoms with E-state index in [4.69, 9.17) is 4.74 Å². The summed E-state index contributed by atoms with van der Waals surface area (Å²) in [6.45, 7) is 1.51. The van der Waals surface area contributed by atoms with Gasteiger partial charge in [-0.2, -0.15) is 0 Å². The van der Waals surface area contributed by atoms with Gasteiger partial charge in [0.15, 0.2) is 0 Å². The van der Waals surface area contributed by atoms with Gasteiger partial charge in [0.25, 0.3) is 0 Å². The summed E-state index contributed by atoms with van der Waals surface area (Å²) in [4.78, 5) is 0. The number of hydrogen-bond donors (Lipinski definition) is 1. The second-order valence-corrected chi connectivity index (χ2v) is 4.56. The van der Waals surface area contributed by atoms with E-state index in [1.165, 1.54) is 19.3 Å². The second-order valence-electron chi connectivity index (χ2n) is 4.56. The predicted octanol–water partition coefficient (Wildman–Crippen LogP) is 2.93. The molecule has 0 spiro atoms. The van der Waals surface area contributed by atoms with Gasteiger partial charge in [-0.15, -0.1) is 0 Å². The lowest BCUT2D eigenvalue weighted by Crippen LogP contribution is -2.04. The van der Waals surface area contributed by atoms with Crippen LogP contribution in [-0.4, -0.2) is 18.3 Å². The molecule has 1 N–H and O–H groups in total. The molecule has 1 saturated carbocycles. The third-order valence-electron chi connectivity index (χ3n) is 3.09. The molecule has 88 valence electrons. The molecule has 1 unspecified atom stereocenters. The lowest BCUT2D eigenvalue weighted by Gasteiger charge is -2.10. The van der Waals surface area contributed by atoms with Crippen molar-refractivity contribution in [3.8, 4) is 0 Å². The first kappa shape index (κ1) is 11.6. The molecule has 0 radical (unpaired) electrons. The Morgan fingerprint density at radius 2 is 1.94 bits per heavy atom. The van der Waals surface area contributed by atoms with Crippen molar-refractivity contribution in [2.75, 3.05) is 13.2 Å². The molecule has 0 aromatic heterocycles. The lowest BCUT2D eigenvalue weighted by molar-refractivity contribution is 0.0789. The number of ether oxygens (including phenoxy) is 1. The van der Waals surface area contributed by atoms with Crippen molar-refractivity contribution in [1.29, 1.82) is 0 Å². The maximum Gasteiger partial charge on any atom is 0.0812 e. The smallest absolute Gasteiger partial charge is 0.0812 e. The monoisotopic (exact) mass is 220 g/mol. The average Bonchev–Trinajstić information content (AvgIpc) is 3.13. The van der Waals surface area contributed by atoms with E-state index in [1.54, 1.807) is 0 Å². The number of rotatable bonds is 7. The number of aliphatic hydroxyl groups is 1. The van der Waals surface area contributed by atoms with Crippen molar-refractivity contribution in [3.05, 3.63) is 35.9 Å². The zero-order valence-electron chi connectivity index (χ0n) is 9.64. The Hall–Kier alpha value is -0.860. The van der Waals surface area contributed by atoms with Crippen LogP contribution < -0.4 is 0 Å². The molecule has 0 saturated heterocycles. The van der Waals surface area contributed by atoms with Crippen molar-refractivity contribution >= 4 is 0 Å². The average molecular weight is 220 g/mol. The van der Waals surface area contributed by atoms with Crippen LogP contribution in [0.2, 0.25) is 0 Å². The van der Waals surface area contributed by atoms with E-state index < -0.39 is 0 Å². The van der Waals surface area contributed by atoms with Gasteiger partial charge in [-0.25, -0.2) is 0 Å². The SMILES string of the molecule is OC(CCOCCC1CC1)c1ccccc1. The molecule has 0 amide bonds. The van der Waals surface area contributed by atoms with Crippen molar-refractivity contribution < 1.29 is 9.84 Å². The van der Waals surface area contributed by atoms with Crippen LogP contribution in [-0.2, 0) is 4.74 Å². The first-order valence-corrected chi connectivity index (χ1v) is 6.17. The zero-order valence-corrected chi connectivity index (χ0v) is 9.64. The summed E-state index contributed by atoms with van der Waals surface area (Å²) < 4.78 is 5.52. The standard InChI is InChI=1S/C14H20O2/c15-14(13-4-2-1-3-5-13)9-11-16-10-8-12-6-7-12/h1-5,12,14-15H,6-11H2. The Morgan fingerprint density at radius 3 is 2.62 bits per heavy atom. The molecule has 1 aliphatic carbocycles. The Balaban J connectivity index is 1.58. The normalized spacial score (nSPS) is 17.3. The molecule has 2 heteroatoms. The van der Waals surface area contributed by atoms with Crippen molar-refractivity contribution in [2.24, 2.45) is 5.92 Å². The highest BCUT2D eigenvalue weighted by Crippen LogP contribution is 2.32. The molecule has 1 aromatic carbocycles. The summed E-state index contributed by atoms with van der Waals surface area (Å²) in [5.74, 6) is 0.930. The van der Waals surface area contributed by atoms with Gasteiger partial charge in [0, 0.05) is 19.6 Å². The van der Waals surface area contributed by atoms with E-state index in [0.29, 0.717) is 13.0 Å². The lowest BCUT2D eigenvalue weighted by atomic mass is 10.1. The van der Waals surface area contributed by atoms with E-state index in [9.17, 15) is 5.11 Å². The van der Waals surface area contributed by atoms with Crippen molar-refractivity contribution in [1.82, 2.24) is 0 Å². The third kappa shape index (κ3) is 3.95. The summed E-state index contributed by atoms with van der Waals surface area (Å²) in [5, 5.41) is 9.86. The quantitative estimate of drug-likeness (QED) is 0.716. The fraction of sp³-hybridized carbons (Fsp3) is 0.571. The predicted molar refractivity (Wildman–Crippen MR) is 64.2 cm³/mol. The van der Waals surface area contributed by atoms with Crippen LogP contribution in [0.15, 0.2) is 30.3 Å². The summed E-state index contributed by atoms with van der Waals surface area (Å²) in [6, 6.07) is 9.77. The molecule has 0 bridgehead atoms. The molecule has 2 nitrogen and oxygen atoms in total. The Labute approximate surface area is 97.3 Å².